The number of rotatable bonds is 8. The van der Waals surface area contributed by atoms with Gasteiger partial charge in [-0.25, -0.2) is 4.39 Å². The molecule has 0 aromatic heterocycles. The first-order valence-corrected chi connectivity index (χ1v) is 6.59. The van der Waals surface area contributed by atoms with Gasteiger partial charge in [-0.3, -0.25) is 9.59 Å². The van der Waals surface area contributed by atoms with Crippen LogP contribution in [0.3, 0.4) is 0 Å². The quantitative estimate of drug-likeness (QED) is 0.624. The van der Waals surface area contributed by atoms with Crippen LogP contribution in [0.15, 0.2) is 18.2 Å². The lowest BCUT2D eigenvalue weighted by Gasteiger charge is -2.09. The standard InChI is InChI=1S/C14H20FN3O3.ClH/c1-10(19)18-11-3-4-13(15)12(9-11)14(20)17-6-5-16-7-8-21-2;/h3-4,9,16H,5-8H2,1-2H3,(H,17,20)(H,18,19);1H. The second kappa shape index (κ2) is 10.9. The van der Waals surface area contributed by atoms with Crippen LogP contribution in [-0.2, 0) is 9.53 Å². The minimum absolute atomic E-state index is 0. The first kappa shape index (κ1) is 20.3. The summed E-state index contributed by atoms with van der Waals surface area (Å²) in [6, 6.07) is 3.86. The van der Waals surface area contributed by atoms with Crippen molar-refractivity contribution in [2.24, 2.45) is 0 Å². The second-order valence-corrected chi connectivity index (χ2v) is 4.37. The molecule has 124 valence electrons. The Kier molecular flexibility index (Phi) is 10.1. The number of amides is 2. The van der Waals surface area contributed by atoms with Crippen molar-refractivity contribution in [1.82, 2.24) is 10.6 Å². The van der Waals surface area contributed by atoms with Gasteiger partial charge in [0.15, 0.2) is 0 Å². The van der Waals surface area contributed by atoms with Crippen LogP contribution in [0.5, 0.6) is 0 Å². The molecule has 1 rings (SSSR count). The molecule has 3 N–H and O–H groups in total. The maximum atomic E-state index is 13.6. The first-order valence-electron chi connectivity index (χ1n) is 6.59. The number of anilines is 1. The van der Waals surface area contributed by atoms with Crippen LogP contribution in [0.25, 0.3) is 0 Å². The maximum absolute atomic E-state index is 13.6. The number of halogens is 2. The van der Waals surface area contributed by atoms with Gasteiger partial charge < -0.3 is 20.7 Å². The summed E-state index contributed by atoms with van der Waals surface area (Å²) in [4.78, 5) is 22.8. The lowest BCUT2D eigenvalue weighted by atomic mass is 10.1. The molecule has 6 nitrogen and oxygen atoms in total. The Hall–Kier alpha value is -1.70. The van der Waals surface area contributed by atoms with E-state index in [2.05, 4.69) is 16.0 Å². The van der Waals surface area contributed by atoms with Crippen LogP contribution in [-0.4, -0.2) is 45.2 Å². The lowest BCUT2D eigenvalue weighted by molar-refractivity contribution is -0.114. The third-order valence-electron chi connectivity index (χ3n) is 2.60. The lowest BCUT2D eigenvalue weighted by Crippen LogP contribution is -2.33. The number of benzene rings is 1. The van der Waals surface area contributed by atoms with E-state index in [-0.39, 0.29) is 23.9 Å². The van der Waals surface area contributed by atoms with Gasteiger partial charge in [0.05, 0.1) is 12.2 Å². The molecule has 22 heavy (non-hydrogen) atoms. The topological polar surface area (TPSA) is 79.5 Å². The normalized spacial score (nSPS) is 9.77. The number of ether oxygens (including phenoxy) is 1. The number of methoxy groups -OCH3 is 1. The Morgan fingerprint density at radius 1 is 1.23 bits per heavy atom. The summed E-state index contributed by atoms with van der Waals surface area (Å²) in [5, 5.41) is 8.16. The van der Waals surface area contributed by atoms with E-state index in [9.17, 15) is 14.0 Å². The number of carbonyl (C=O) groups excluding carboxylic acids is 2. The van der Waals surface area contributed by atoms with Gasteiger partial charge in [-0.2, -0.15) is 0 Å². The second-order valence-electron chi connectivity index (χ2n) is 4.37. The van der Waals surface area contributed by atoms with E-state index in [1.165, 1.54) is 19.1 Å². The molecule has 1 aromatic carbocycles. The fourth-order valence-corrected chi connectivity index (χ4v) is 1.64. The van der Waals surface area contributed by atoms with Gasteiger partial charge in [0.2, 0.25) is 5.91 Å². The van der Waals surface area contributed by atoms with E-state index in [0.29, 0.717) is 31.9 Å². The maximum Gasteiger partial charge on any atom is 0.254 e. The van der Waals surface area contributed by atoms with Crippen LogP contribution in [0.2, 0.25) is 0 Å². The Morgan fingerprint density at radius 3 is 2.59 bits per heavy atom. The van der Waals surface area contributed by atoms with Crippen molar-refractivity contribution in [2.45, 2.75) is 6.92 Å². The third kappa shape index (κ3) is 7.35. The minimum Gasteiger partial charge on any atom is -0.383 e. The monoisotopic (exact) mass is 333 g/mol. The number of nitrogens with one attached hydrogen (secondary N) is 3. The molecule has 0 aliphatic rings. The molecular weight excluding hydrogens is 313 g/mol. The van der Waals surface area contributed by atoms with E-state index in [4.69, 9.17) is 4.74 Å². The van der Waals surface area contributed by atoms with Crippen molar-refractivity contribution in [3.63, 3.8) is 0 Å². The Balaban J connectivity index is 0.00000441. The van der Waals surface area contributed by atoms with Crippen molar-refractivity contribution < 1.29 is 18.7 Å². The Labute approximate surface area is 135 Å². The minimum atomic E-state index is -0.631. The molecule has 0 atom stereocenters. The predicted molar refractivity (Wildman–Crippen MR) is 85.0 cm³/mol. The SMILES string of the molecule is COCCNCCNC(=O)c1cc(NC(C)=O)ccc1F.Cl. The van der Waals surface area contributed by atoms with Gasteiger partial charge in [-0.15, -0.1) is 12.4 Å². The van der Waals surface area contributed by atoms with E-state index in [1.54, 1.807) is 7.11 Å². The van der Waals surface area contributed by atoms with Crippen molar-refractivity contribution >= 4 is 29.9 Å². The summed E-state index contributed by atoms with van der Waals surface area (Å²) in [5.41, 5.74) is 0.283. The molecule has 0 aliphatic heterocycles. The van der Waals surface area contributed by atoms with Crippen molar-refractivity contribution in [1.29, 1.82) is 0 Å². The molecular formula is C14H21ClFN3O3. The van der Waals surface area contributed by atoms with E-state index >= 15 is 0 Å². The Bertz CT molecular complexity index is 500. The summed E-state index contributed by atoms with van der Waals surface area (Å²) in [6.45, 7) is 3.53. The largest absolute Gasteiger partial charge is 0.383 e. The fourth-order valence-electron chi connectivity index (χ4n) is 1.64. The van der Waals surface area contributed by atoms with Gasteiger partial charge in [0.25, 0.3) is 5.91 Å². The summed E-state index contributed by atoms with van der Waals surface area (Å²) in [5.74, 6) is -1.43. The van der Waals surface area contributed by atoms with Gasteiger partial charge in [-0.1, -0.05) is 0 Å². The van der Waals surface area contributed by atoms with Crippen LogP contribution in [0.4, 0.5) is 10.1 Å². The fraction of sp³-hybridized carbons (Fsp3) is 0.429. The molecule has 0 spiro atoms. The highest BCUT2D eigenvalue weighted by molar-refractivity contribution is 5.97. The van der Waals surface area contributed by atoms with Crippen molar-refractivity contribution in [3.05, 3.63) is 29.6 Å². The highest BCUT2D eigenvalue weighted by Crippen LogP contribution is 2.14. The summed E-state index contributed by atoms with van der Waals surface area (Å²) in [7, 11) is 1.61. The number of hydrogen-bond donors (Lipinski definition) is 3. The molecule has 0 bridgehead atoms. The molecule has 0 radical (unpaired) electrons. The predicted octanol–water partition coefficient (Wildman–Crippen LogP) is 1.17. The molecule has 1 aromatic rings. The first-order chi connectivity index (χ1) is 10.0. The smallest absolute Gasteiger partial charge is 0.254 e. The summed E-state index contributed by atoms with van der Waals surface area (Å²) < 4.78 is 18.5. The van der Waals surface area contributed by atoms with E-state index in [1.807, 2.05) is 0 Å². The number of hydrogen-bond acceptors (Lipinski definition) is 4. The molecule has 0 aliphatic carbocycles. The van der Waals surface area contributed by atoms with Gasteiger partial charge in [-0.05, 0) is 18.2 Å². The average Bonchev–Trinajstić information content (AvgIpc) is 2.44. The van der Waals surface area contributed by atoms with Crippen molar-refractivity contribution in [3.8, 4) is 0 Å². The molecule has 0 saturated carbocycles. The summed E-state index contributed by atoms with van der Waals surface area (Å²) in [6.07, 6.45) is 0. The summed E-state index contributed by atoms with van der Waals surface area (Å²) >= 11 is 0. The zero-order chi connectivity index (χ0) is 15.7. The van der Waals surface area contributed by atoms with Gasteiger partial charge in [0, 0.05) is 39.4 Å². The van der Waals surface area contributed by atoms with Crippen LogP contribution in [0.1, 0.15) is 17.3 Å². The molecule has 8 heteroatoms. The van der Waals surface area contributed by atoms with Crippen LogP contribution in [0, 0.1) is 5.82 Å². The highest BCUT2D eigenvalue weighted by Gasteiger charge is 2.12. The number of carbonyl (C=O) groups is 2. The zero-order valence-electron chi connectivity index (χ0n) is 12.6. The van der Waals surface area contributed by atoms with Crippen LogP contribution >= 0.6 is 12.4 Å². The highest BCUT2D eigenvalue weighted by atomic mass is 35.5. The molecule has 0 heterocycles. The average molecular weight is 334 g/mol. The molecule has 0 fully saturated rings. The van der Waals surface area contributed by atoms with Crippen LogP contribution < -0.4 is 16.0 Å². The Morgan fingerprint density at radius 2 is 1.95 bits per heavy atom. The van der Waals surface area contributed by atoms with Gasteiger partial charge >= 0.3 is 0 Å². The van der Waals surface area contributed by atoms with E-state index < -0.39 is 11.7 Å². The molecule has 0 unspecified atom stereocenters. The third-order valence-corrected chi connectivity index (χ3v) is 2.60. The zero-order valence-corrected chi connectivity index (χ0v) is 13.4. The van der Waals surface area contributed by atoms with Gasteiger partial charge in [0.1, 0.15) is 5.82 Å². The molecule has 0 saturated heterocycles. The molecule has 2 amide bonds. The van der Waals surface area contributed by atoms with Crippen molar-refractivity contribution in [2.75, 3.05) is 38.7 Å². The van der Waals surface area contributed by atoms with E-state index in [0.717, 1.165) is 6.07 Å².